The molecule has 4 rings (SSSR count). The van der Waals surface area contributed by atoms with Crippen molar-refractivity contribution in [1.29, 1.82) is 0 Å². The Morgan fingerprint density at radius 2 is 1.93 bits per heavy atom. The first-order chi connectivity index (χ1) is 13.9. The predicted octanol–water partition coefficient (Wildman–Crippen LogP) is 3.41. The summed E-state index contributed by atoms with van der Waals surface area (Å²) in [5.41, 5.74) is 2.60. The molecular weight excluding hydrogens is 386 g/mol. The molecule has 2 aliphatic heterocycles. The van der Waals surface area contributed by atoms with Gasteiger partial charge >= 0.3 is 0 Å². The second-order valence-corrected chi connectivity index (χ2v) is 8.84. The summed E-state index contributed by atoms with van der Waals surface area (Å²) in [5.74, 6) is 0.502. The average Bonchev–Trinajstić information content (AvgIpc) is 3.27. The maximum absolute atomic E-state index is 12.7. The minimum Gasteiger partial charge on any atom is -0.343 e. The summed E-state index contributed by atoms with van der Waals surface area (Å²) < 4.78 is 0. The molecule has 0 atom stereocenters. The summed E-state index contributed by atoms with van der Waals surface area (Å²) in [5, 5.41) is 1.01. The van der Waals surface area contributed by atoms with Crippen LogP contribution in [0.2, 0.25) is 0 Å². The standard InChI is InChI=1S/C22H25N3O3S/c1-14-20(15(2)26)29-21(23-14)16-7-10-24(11-8-16)19(27)9-12-25-13-17-5-3-4-6-18(17)22(25)28/h3-6,16H,7-13H2,1-2H3. The van der Waals surface area contributed by atoms with Crippen LogP contribution >= 0.6 is 11.3 Å². The van der Waals surface area contributed by atoms with E-state index in [2.05, 4.69) is 4.98 Å². The van der Waals surface area contributed by atoms with Crippen molar-refractivity contribution in [3.63, 3.8) is 0 Å². The summed E-state index contributed by atoms with van der Waals surface area (Å²) in [6.07, 6.45) is 2.09. The number of rotatable bonds is 5. The van der Waals surface area contributed by atoms with Crippen LogP contribution in [0.25, 0.3) is 0 Å². The van der Waals surface area contributed by atoms with Gasteiger partial charge in [0.15, 0.2) is 5.78 Å². The Kier molecular flexibility index (Phi) is 5.50. The van der Waals surface area contributed by atoms with Gasteiger partial charge in [0.05, 0.1) is 15.6 Å². The van der Waals surface area contributed by atoms with Gasteiger partial charge in [0.2, 0.25) is 5.91 Å². The number of amides is 2. The van der Waals surface area contributed by atoms with E-state index in [1.54, 1.807) is 11.8 Å². The third-order valence-electron chi connectivity index (χ3n) is 5.82. The Morgan fingerprint density at radius 1 is 1.21 bits per heavy atom. The van der Waals surface area contributed by atoms with E-state index in [4.69, 9.17) is 0 Å². The minimum absolute atomic E-state index is 0.0209. The van der Waals surface area contributed by atoms with Crippen LogP contribution in [-0.2, 0) is 11.3 Å². The number of likely N-dealkylation sites (tertiary alicyclic amines) is 1. The van der Waals surface area contributed by atoms with Crippen molar-refractivity contribution >= 4 is 28.9 Å². The van der Waals surface area contributed by atoms with Gasteiger partial charge in [0.1, 0.15) is 0 Å². The summed E-state index contributed by atoms with van der Waals surface area (Å²) >= 11 is 1.50. The zero-order chi connectivity index (χ0) is 20.5. The minimum atomic E-state index is 0.0209. The molecule has 2 amide bonds. The number of nitrogens with zero attached hydrogens (tertiary/aromatic N) is 3. The molecule has 0 bridgehead atoms. The molecule has 0 N–H and O–H groups in total. The number of thiazole rings is 1. The summed E-state index contributed by atoms with van der Waals surface area (Å²) in [6.45, 7) is 5.91. The van der Waals surface area contributed by atoms with Crippen LogP contribution in [0.3, 0.4) is 0 Å². The largest absolute Gasteiger partial charge is 0.343 e. The van der Waals surface area contributed by atoms with Crippen molar-refractivity contribution in [1.82, 2.24) is 14.8 Å². The van der Waals surface area contributed by atoms with Crippen molar-refractivity contribution in [3.05, 3.63) is 51.0 Å². The second-order valence-electron chi connectivity index (χ2n) is 7.81. The van der Waals surface area contributed by atoms with Gasteiger partial charge in [-0.05, 0) is 31.4 Å². The molecule has 7 heteroatoms. The average molecular weight is 412 g/mol. The molecule has 2 aliphatic rings. The van der Waals surface area contributed by atoms with E-state index in [9.17, 15) is 14.4 Å². The number of aromatic nitrogens is 1. The quantitative estimate of drug-likeness (QED) is 0.707. The van der Waals surface area contributed by atoms with Gasteiger partial charge in [0.25, 0.3) is 5.91 Å². The maximum Gasteiger partial charge on any atom is 0.254 e. The van der Waals surface area contributed by atoms with Gasteiger partial charge in [0, 0.05) is 51.0 Å². The van der Waals surface area contributed by atoms with Crippen LogP contribution in [0.4, 0.5) is 0 Å². The van der Waals surface area contributed by atoms with E-state index in [0.29, 0.717) is 38.5 Å². The Hall–Kier alpha value is -2.54. The van der Waals surface area contributed by atoms with Crippen LogP contribution in [-0.4, -0.2) is 52.0 Å². The van der Waals surface area contributed by atoms with Crippen molar-refractivity contribution in [3.8, 4) is 0 Å². The first-order valence-electron chi connectivity index (χ1n) is 10.1. The van der Waals surface area contributed by atoms with Crippen molar-refractivity contribution in [2.75, 3.05) is 19.6 Å². The van der Waals surface area contributed by atoms with E-state index in [-0.39, 0.29) is 17.6 Å². The van der Waals surface area contributed by atoms with Crippen LogP contribution in [0.15, 0.2) is 24.3 Å². The van der Waals surface area contributed by atoms with E-state index in [0.717, 1.165) is 39.5 Å². The smallest absolute Gasteiger partial charge is 0.254 e. The fraction of sp³-hybridized carbons (Fsp3) is 0.455. The monoisotopic (exact) mass is 411 g/mol. The van der Waals surface area contributed by atoms with E-state index in [1.165, 1.54) is 11.3 Å². The number of Topliss-reactive ketones (excluding diaryl/α,β-unsaturated/α-hetero) is 1. The highest BCUT2D eigenvalue weighted by Crippen LogP contribution is 2.33. The fourth-order valence-electron chi connectivity index (χ4n) is 4.18. The number of benzene rings is 1. The molecule has 0 unspecified atom stereocenters. The van der Waals surface area contributed by atoms with Gasteiger partial charge in [-0.2, -0.15) is 0 Å². The van der Waals surface area contributed by atoms with E-state index in [1.807, 2.05) is 36.1 Å². The highest BCUT2D eigenvalue weighted by Gasteiger charge is 2.29. The number of aryl methyl sites for hydroxylation is 1. The molecule has 0 spiro atoms. The molecule has 0 saturated carbocycles. The Morgan fingerprint density at radius 3 is 2.59 bits per heavy atom. The lowest BCUT2D eigenvalue weighted by molar-refractivity contribution is -0.132. The molecule has 1 aromatic heterocycles. The van der Waals surface area contributed by atoms with Gasteiger partial charge in [-0.15, -0.1) is 11.3 Å². The molecule has 0 radical (unpaired) electrons. The number of ketones is 1. The number of carbonyl (C=O) groups excluding carboxylic acids is 3. The zero-order valence-corrected chi connectivity index (χ0v) is 17.6. The molecule has 1 aromatic carbocycles. The fourth-order valence-corrected chi connectivity index (χ4v) is 5.31. The highest BCUT2D eigenvalue weighted by atomic mass is 32.1. The van der Waals surface area contributed by atoms with E-state index < -0.39 is 0 Å². The Labute approximate surface area is 174 Å². The Bertz CT molecular complexity index is 960. The van der Waals surface area contributed by atoms with Gasteiger partial charge in [-0.3, -0.25) is 14.4 Å². The molecule has 1 fully saturated rings. The summed E-state index contributed by atoms with van der Waals surface area (Å²) in [7, 11) is 0. The van der Waals surface area contributed by atoms with Crippen molar-refractivity contribution in [2.24, 2.45) is 0 Å². The molecule has 1 saturated heterocycles. The lowest BCUT2D eigenvalue weighted by atomic mass is 9.97. The molecule has 0 aliphatic carbocycles. The number of piperidine rings is 1. The zero-order valence-electron chi connectivity index (χ0n) is 16.8. The van der Waals surface area contributed by atoms with Crippen LogP contribution in [0, 0.1) is 6.92 Å². The lowest BCUT2D eigenvalue weighted by Crippen LogP contribution is -2.39. The van der Waals surface area contributed by atoms with Crippen molar-refractivity contribution < 1.29 is 14.4 Å². The third-order valence-corrected chi connectivity index (χ3v) is 7.24. The van der Waals surface area contributed by atoms with E-state index >= 15 is 0 Å². The van der Waals surface area contributed by atoms with Crippen molar-refractivity contribution in [2.45, 2.75) is 45.6 Å². The molecular formula is C22H25N3O3S. The first kappa shape index (κ1) is 19.8. The van der Waals surface area contributed by atoms with Crippen LogP contribution in [0.5, 0.6) is 0 Å². The van der Waals surface area contributed by atoms with Gasteiger partial charge in [-0.25, -0.2) is 4.98 Å². The topological polar surface area (TPSA) is 70.6 Å². The molecule has 29 heavy (non-hydrogen) atoms. The molecule has 152 valence electrons. The highest BCUT2D eigenvalue weighted by molar-refractivity contribution is 7.13. The number of fused-ring (bicyclic) bond motifs is 1. The Balaban J connectivity index is 1.28. The lowest BCUT2D eigenvalue weighted by Gasteiger charge is -2.31. The van der Waals surface area contributed by atoms with Crippen LogP contribution < -0.4 is 0 Å². The molecule has 2 aromatic rings. The maximum atomic E-state index is 12.7. The van der Waals surface area contributed by atoms with Crippen LogP contribution in [0.1, 0.15) is 68.4 Å². The first-order valence-corrected chi connectivity index (χ1v) is 10.9. The number of carbonyl (C=O) groups is 3. The normalized spacial score (nSPS) is 17.0. The summed E-state index contributed by atoms with van der Waals surface area (Å²) in [4.78, 5) is 45.8. The summed E-state index contributed by atoms with van der Waals surface area (Å²) in [6, 6.07) is 7.63. The SMILES string of the molecule is CC(=O)c1sc(C2CCN(C(=O)CCN3Cc4ccccc4C3=O)CC2)nc1C. The number of hydrogen-bond donors (Lipinski definition) is 0. The van der Waals surface area contributed by atoms with Gasteiger partial charge < -0.3 is 9.80 Å². The predicted molar refractivity (Wildman–Crippen MR) is 111 cm³/mol. The molecule has 3 heterocycles. The third kappa shape index (κ3) is 3.96. The van der Waals surface area contributed by atoms with Gasteiger partial charge in [-0.1, -0.05) is 18.2 Å². The molecule has 6 nitrogen and oxygen atoms in total. The second kappa shape index (κ2) is 8.06. The number of hydrogen-bond acceptors (Lipinski definition) is 5.